The zero-order valence-corrected chi connectivity index (χ0v) is 17.0. The van der Waals surface area contributed by atoms with Crippen molar-refractivity contribution in [1.29, 1.82) is 0 Å². The van der Waals surface area contributed by atoms with Crippen molar-refractivity contribution in [3.05, 3.63) is 70.8 Å². The second-order valence-electron chi connectivity index (χ2n) is 7.13. The third kappa shape index (κ3) is 3.26. The number of nitrogens with zero attached hydrogens (tertiary/aromatic N) is 5. The third-order valence-corrected chi connectivity index (χ3v) is 6.10. The van der Waals surface area contributed by atoms with Gasteiger partial charge in [0.05, 0.1) is 17.9 Å². The van der Waals surface area contributed by atoms with E-state index in [1.807, 2.05) is 31.2 Å². The highest BCUT2D eigenvalue weighted by molar-refractivity contribution is 7.99. The molecule has 1 aliphatic rings. The van der Waals surface area contributed by atoms with Gasteiger partial charge >= 0.3 is 0 Å². The third-order valence-electron chi connectivity index (χ3n) is 5.00. The van der Waals surface area contributed by atoms with Crippen LogP contribution in [0.5, 0.6) is 0 Å². The van der Waals surface area contributed by atoms with Crippen molar-refractivity contribution in [3.8, 4) is 5.69 Å². The molecule has 0 radical (unpaired) electrons. The molecule has 4 aromatic rings. The van der Waals surface area contributed by atoms with E-state index in [0.717, 1.165) is 11.3 Å². The van der Waals surface area contributed by atoms with Crippen LogP contribution in [-0.2, 0) is 4.79 Å². The lowest BCUT2D eigenvalue weighted by Gasteiger charge is -2.13. The zero-order chi connectivity index (χ0) is 20.7. The molecule has 5 rings (SSSR count). The minimum absolute atomic E-state index is 0.172. The number of amides is 1. The maximum absolute atomic E-state index is 13.2. The van der Waals surface area contributed by atoms with Gasteiger partial charge in [0.15, 0.2) is 10.8 Å². The molecule has 0 saturated heterocycles. The summed E-state index contributed by atoms with van der Waals surface area (Å²) in [4.78, 5) is 34.4. The number of hydrogen-bond donors (Lipinski definition) is 1. The number of thioether (sulfide) groups is 1. The van der Waals surface area contributed by atoms with E-state index in [9.17, 15) is 9.59 Å². The van der Waals surface area contributed by atoms with Crippen molar-refractivity contribution in [2.45, 2.75) is 24.5 Å². The second-order valence-corrected chi connectivity index (χ2v) is 8.12. The lowest BCUT2D eigenvalue weighted by molar-refractivity contribution is -0.116. The lowest BCUT2D eigenvalue weighted by Crippen LogP contribution is -2.27. The highest BCUT2D eigenvalue weighted by atomic mass is 32.2. The van der Waals surface area contributed by atoms with Crippen molar-refractivity contribution in [3.63, 3.8) is 0 Å². The van der Waals surface area contributed by atoms with Crippen LogP contribution in [0.3, 0.4) is 0 Å². The Morgan fingerprint density at radius 1 is 1.23 bits per heavy atom. The van der Waals surface area contributed by atoms with Gasteiger partial charge in [0.1, 0.15) is 11.2 Å². The molecular weight excluding hydrogens is 400 g/mol. The molecule has 3 aromatic heterocycles. The average molecular weight is 418 g/mol. The van der Waals surface area contributed by atoms with Crippen LogP contribution >= 0.6 is 11.8 Å². The van der Waals surface area contributed by atoms with Gasteiger partial charge in [-0.15, -0.1) is 0 Å². The first kappa shape index (κ1) is 18.6. The number of pyridine rings is 1. The van der Waals surface area contributed by atoms with Gasteiger partial charge in [-0.3, -0.25) is 14.2 Å². The van der Waals surface area contributed by atoms with Crippen LogP contribution in [0.2, 0.25) is 0 Å². The first-order valence-electron chi connectivity index (χ1n) is 9.51. The summed E-state index contributed by atoms with van der Waals surface area (Å²) in [6, 6.07) is 12.9. The number of anilines is 1. The summed E-state index contributed by atoms with van der Waals surface area (Å²) in [5.74, 6) is 0.922. The Morgan fingerprint density at radius 3 is 2.83 bits per heavy atom. The molecule has 1 aromatic carbocycles. The number of aryl methyl sites for hydroxylation is 1. The van der Waals surface area contributed by atoms with Gasteiger partial charge in [-0.2, -0.15) is 5.10 Å². The predicted molar refractivity (Wildman–Crippen MR) is 115 cm³/mol. The van der Waals surface area contributed by atoms with Crippen LogP contribution in [0.25, 0.3) is 16.7 Å². The summed E-state index contributed by atoms with van der Waals surface area (Å²) >= 11 is 1.48. The molecule has 0 aliphatic carbocycles. The van der Waals surface area contributed by atoms with E-state index in [0.29, 0.717) is 27.8 Å². The van der Waals surface area contributed by atoms with E-state index >= 15 is 0 Å². The maximum atomic E-state index is 13.2. The van der Waals surface area contributed by atoms with Gasteiger partial charge < -0.3 is 5.32 Å². The number of benzene rings is 1. The molecule has 1 aliphatic heterocycles. The van der Waals surface area contributed by atoms with E-state index in [4.69, 9.17) is 4.98 Å². The van der Waals surface area contributed by atoms with E-state index in [-0.39, 0.29) is 23.9 Å². The van der Waals surface area contributed by atoms with E-state index < -0.39 is 0 Å². The molecule has 1 atom stereocenters. The van der Waals surface area contributed by atoms with Crippen LogP contribution in [0.1, 0.15) is 18.0 Å². The SMILES string of the molecule is Cc1ccc(-n2ncc3c(=O)n4c(nc32)SCC4CC(=O)Nc2ccccn2)cc1. The zero-order valence-electron chi connectivity index (χ0n) is 16.1. The summed E-state index contributed by atoms with van der Waals surface area (Å²) in [7, 11) is 0. The minimum Gasteiger partial charge on any atom is -0.311 e. The van der Waals surface area contributed by atoms with E-state index in [1.165, 1.54) is 11.8 Å². The van der Waals surface area contributed by atoms with E-state index in [1.54, 1.807) is 39.8 Å². The molecule has 150 valence electrons. The Hall–Kier alpha value is -3.46. The number of aromatic nitrogens is 5. The lowest BCUT2D eigenvalue weighted by atomic mass is 10.2. The minimum atomic E-state index is -0.263. The summed E-state index contributed by atoms with van der Waals surface area (Å²) in [6.45, 7) is 2.02. The predicted octanol–water partition coefficient (Wildman–Crippen LogP) is 2.96. The van der Waals surface area contributed by atoms with Crippen LogP contribution in [0, 0.1) is 6.92 Å². The average Bonchev–Trinajstić information content (AvgIpc) is 3.34. The van der Waals surface area contributed by atoms with Crippen LogP contribution in [-0.4, -0.2) is 36.0 Å². The Balaban J connectivity index is 1.46. The van der Waals surface area contributed by atoms with Gasteiger partial charge in [0.25, 0.3) is 5.56 Å². The molecule has 0 saturated carbocycles. The largest absolute Gasteiger partial charge is 0.311 e. The number of hydrogen-bond acceptors (Lipinski definition) is 6. The first-order chi connectivity index (χ1) is 14.6. The topological polar surface area (TPSA) is 94.7 Å². The molecule has 8 nitrogen and oxygen atoms in total. The van der Waals surface area contributed by atoms with Gasteiger partial charge in [-0.25, -0.2) is 14.6 Å². The molecule has 9 heteroatoms. The van der Waals surface area contributed by atoms with Crippen molar-refractivity contribution in [2.24, 2.45) is 0 Å². The number of nitrogens with one attached hydrogen (secondary N) is 1. The van der Waals surface area contributed by atoms with Gasteiger partial charge in [-0.05, 0) is 31.2 Å². The number of carbonyl (C=O) groups is 1. The Bertz CT molecular complexity index is 1300. The van der Waals surface area contributed by atoms with Crippen LogP contribution in [0.4, 0.5) is 5.82 Å². The molecule has 0 spiro atoms. The molecule has 1 N–H and O–H groups in total. The Kier molecular flexibility index (Phi) is 4.59. The highest BCUT2D eigenvalue weighted by Gasteiger charge is 2.29. The quantitative estimate of drug-likeness (QED) is 0.512. The normalized spacial score (nSPS) is 15.3. The standard InChI is InChI=1S/C21H18N6O2S/c1-13-5-7-14(8-6-13)27-19-16(11-23-27)20(29)26-15(12-30-21(26)25-19)10-18(28)24-17-4-2-3-9-22-17/h2-9,11,15H,10,12H2,1H3,(H,22,24,28). The van der Waals surface area contributed by atoms with Crippen LogP contribution in [0.15, 0.2) is 64.8 Å². The number of fused-ring (bicyclic) bond motifs is 2. The van der Waals surface area contributed by atoms with Gasteiger partial charge in [0, 0.05) is 18.4 Å². The van der Waals surface area contributed by atoms with Gasteiger partial charge in [0.2, 0.25) is 5.91 Å². The maximum Gasteiger partial charge on any atom is 0.265 e. The first-order valence-corrected chi connectivity index (χ1v) is 10.5. The highest BCUT2D eigenvalue weighted by Crippen LogP contribution is 2.33. The van der Waals surface area contributed by atoms with Crippen LogP contribution < -0.4 is 10.9 Å². The molecule has 1 unspecified atom stereocenters. The number of rotatable bonds is 4. The fourth-order valence-corrected chi connectivity index (χ4v) is 4.63. The molecule has 4 heterocycles. The fraction of sp³-hybridized carbons (Fsp3) is 0.190. The van der Waals surface area contributed by atoms with Crippen molar-refractivity contribution in [2.75, 3.05) is 11.1 Å². The van der Waals surface area contributed by atoms with E-state index in [2.05, 4.69) is 15.4 Å². The monoisotopic (exact) mass is 418 g/mol. The molecule has 1 amide bonds. The summed E-state index contributed by atoms with van der Waals surface area (Å²) in [5.41, 5.74) is 2.35. The fourth-order valence-electron chi connectivity index (χ4n) is 3.50. The van der Waals surface area contributed by atoms with Crippen molar-refractivity contribution < 1.29 is 4.79 Å². The molecule has 0 fully saturated rings. The number of carbonyl (C=O) groups excluding carboxylic acids is 1. The second kappa shape index (κ2) is 7.42. The van der Waals surface area contributed by atoms with Crippen molar-refractivity contribution >= 4 is 34.5 Å². The summed E-state index contributed by atoms with van der Waals surface area (Å²) in [5, 5.41) is 8.21. The molecular formula is C21H18N6O2S. The summed E-state index contributed by atoms with van der Waals surface area (Å²) in [6.07, 6.45) is 3.34. The molecule has 30 heavy (non-hydrogen) atoms. The smallest absolute Gasteiger partial charge is 0.265 e. The molecule has 0 bridgehead atoms. The van der Waals surface area contributed by atoms with Gasteiger partial charge in [-0.1, -0.05) is 35.5 Å². The Labute approximate surface area is 176 Å². The van der Waals surface area contributed by atoms with Crippen molar-refractivity contribution in [1.82, 2.24) is 24.3 Å². The summed E-state index contributed by atoms with van der Waals surface area (Å²) < 4.78 is 3.30. The Morgan fingerprint density at radius 2 is 2.07 bits per heavy atom.